The van der Waals surface area contributed by atoms with Gasteiger partial charge in [0.2, 0.25) is 0 Å². The van der Waals surface area contributed by atoms with Crippen LogP contribution in [-0.2, 0) is 0 Å². The summed E-state index contributed by atoms with van der Waals surface area (Å²) in [4.78, 5) is 3.65. The summed E-state index contributed by atoms with van der Waals surface area (Å²) in [6, 6.07) is 0. The number of hydrogen-bond acceptors (Lipinski definition) is 1. The quantitative estimate of drug-likeness (QED) is 0.401. The van der Waals surface area contributed by atoms with Gasteiger partial charge in [0.25, 0.3) is 0 Å². The second-order valence-corrected chi connectivity index (χ2v) is 5.02. The maximum Gasteiger partial charge on any atom is 0.0779 e. The SMILES string of the molecule is CCCCCC(=S)N(CCCC)CCCC. The van der Waals surface area contributed by atoms with Gasteiger partial charge in [-0.1, -0.05) is 58.7 Å². The van der Waals surface area contributed by atoms with Crippen LogP contribution in [0.5, 0.6) is 0 Å². The van der Waals surface area contributed by atoms with Gasteiger partial charge in [0.15, 0.2) is 0 Å². The van der Waals surface area contributed by atoms with Crippen molar-refractivity contribution in [3.63, 3.8) is 0 Å². The Labute approximate surface area is 108 Å². The molecule has 0 bridgehead atoms. The molecule has 0 aliphatic carbocycles. The Bertz CT molecular complexity index is 160. The van der Waals surface area contributed by atoms with Crippen LogP contribution in [0.25, 0.3) is 0 Å². The number of nitrogens with zero attached hydrogens (tertiary/aromatic N) is 1. The molecule has 0 saturated carbocycles. The highest BCUT2D eigenvalue weighted by atomic mass is 32.1. The molecule has 0 aromatic heterocycles. The number of hydrogen-bond donors (Lipinski definition) is 0. The van der Waals surface area contributed by atoms with Gasteiger partial charge in [-0.15, -0.1) is 0 Å². The van der Waals surface area contributed by atoms with Crippen molar-refractivity contribution in [1.82, 2.24) is 4.90 Å². The lowest BCUT2D eigenvalue weighted by Crippen LogP contribution is -2.31. The van der Waals surface area contributed by atoms with E-state index in [1.54, 1.807) is 0 Å². The largest absolute Gasteiger partial charge is 0.366 e. The van der Waals surface area contributed by atoms with E-state index in [0.717, 1.165) is 6.42 Å². The van der Waals surface area contributed by atoms with Gasteiger partial charge in [-0.2, -0.15) is 0 Å². The summed E-state index contributed by atoms with van der Waals surface area (Å²) in [6.07, 6.45) is 10.1. The van der Waals surface area contributed by atoms with Crippen molar-refractivity contribution in [2.45, 2.75) is 72.1 Å². The highest BCUT2D eigenvalue weighted by Gasteiger charge is 2.07. The van der Waals surface area contributed by atoms with Gasteiger partial charge in [0.1, 0.15) is 0 Å². The molecule has 2 heteroatoms. The van der Waals surface area contributed by atoms with E-state index in [2.05, 4.69) is 25.7 Å². The van der Waals surface area contributed by atoms with Crippen LogP contribution >= 0.6 is 12.2 Å². The molecular formula is C14H29NS. The fraction of sp³-hybridized carbons (Fsp3) is 0.929. The predicted octanol–water partition coefficient (Wildman–Crippen LogP) is 4.80. The first-order valence-electron chi connectivity index (χ1n) is 7.04. The molecule has 0 heterocycles. The highest BCUT2D eigenvalue weighted by Crippen LogP contribution is 2.08. The van der Waals surface area contributed by atoms with Gasteiger partial charge < -0.3 is 4.90 Å². The van der Waals surface area contributed by atoms with Gasteiger partial charge in [-0.3, -0.25) is 0 Å². The molecule has 0 spiro atoms. The summed E-state index contributed by atoms with van der Waals surface area (Å²) in [7, 11) is 0. The molecule has 0 aliphatic rings. The molecule has 0 saturated heterocycles. The smallest absolute Gasteiger partial charge is 0.0779 e. The van der Waals surface area contributed by atoms with Crippen LogP contribution < -0.4 is 0 Å². The Morgan fingerprint density at radius 3 is 1.75 bits per heavy atom. The van der Waals surface area contributed by atoms with Crippen LogP contribution in [0.2, 0.25) is 0 Å². The normalized spacial score (nSPS) is 10.4. The second kappa shape index (κ2) is 11.4. The minimum absolute atomic E-state index is 1.12. The van der Waals surface area contributed by atoms with Crippen LogP contribution in [0.1, 0.15) is 72.1 Å². The van der Waals surface area contributed by atoms with E-state index in [1.807, 2.05) is 0 Å². The fourth-order valence-corrected chi connectivity index (χ4v) is 2.07. The van der Waals surface area contributed by atoms with E-state index in [1.165, 1.54) is 63.0 Å². The maximum atomic E-state index is 5.54. The van der Waals surface area contributed by atoms with Crippen LogP contribution in [0.15, 0.2) is 0 Å². The minimum atomic E-state index is 1.12. The third kappa shape index (κ3) is 8.09. The minimum Gasteiger partial charge on any atom is -0.366 e. The summed E-state index contributed by atoms with van der Waals surface area (Å²) >= 11 is 5.54. The van der Waals surface area contributed by atoms with Crippen molar-refractivity contribution < 1.29 is 0 Å². The van der Waals surface area contributed by atoms with Crippen LogP contribution in [0, 0.1) is 0 Å². The molecule has 0 aromatic carbocycles. The first-order valence-corrected chi connectivity index (χ1v) is 7.44. The lowest BCUT2D eigenvalue weighted by Gasteiger charge is -2.25. The Morgan fingerprint density at radius 2 is 1.31 bits per heavy atom. The van der Waals surface area contributed by atoms with E-state index >= 15 is 0 Å². The first kappa shape index (κ1) is 15.9. The molecule has 96 valence electrons. The molecule has 1 nitrogen and oxygen atoms in total. The molecule has 0 aliphatic heterocycles. The number of thiocarbonyl (C=S) groups is 1. The number of rotatable bonds is 10. The molecule has 0 fully saturated rings. The molecule has 0 rings (SSSR count). The van der Waals surface area contributed by atoms with E-state index < -0.39 is 0 Å². The van der Waals surface area contributed by atoms with Crippen LogP contribution in [0.3, 0.4) is 0 Å². The highest BCUT2D eigenvalue weighted by molar-refractivity contribution is 7.80. The Kier molecular flexibility index (Phi) is 11.3. The molecule has 0 radical (unpaired) electrons. The standard InChI is InChI=1S/C14H29NS/c1-4-7-10-11-14(16)15(12-8-5-2)13-9-6-3/h4-13H2,1-3H3. The molecule has 0 amide bonds. The van der Waals surface area contributed by atoms with Crippen molar-refractivity contribution in [3.05, 3.63) is 0 Å². The molecule has 16 heavy (non-hydrogen) atoms. The fourth-order valence-electron chi connectivity index (χ4n) is 1.74. The Hall–Kier alpha value is -0.110. The van der Waals surface area contributed by atoms with E-state index in [0.29, 0.717) is 0 Å². The summed E-state index contributed by atoms with van der Waals surface area (Å²) in [5, 5.41) is 0. The van der Waals surface area contributed by atoms with E-state index in [-0.39, 0.29) is 0 Å². The van der Waals surface area contributed by atoms with Gasteiger partial charge in [0.05, 0.1) is 4.99 Å². The van der Waals surface area contributed by atoms with E-state index in [4.69, 9.17) is 12.2 Å². The average molecular weight is 243 g/mol. The predicted molar refractivity (Wildman–Crippen MR) is 78.1 cm³/mol. The van der Waals surface area contributed by atoms with Crippen LogP contribution in [-0.4, -0.2) is 23.0 Å². The summed E-state index contributed by atoms with van der Waals surface area (Å²) in [5.74, 6) is 0. The third-order valence-corrected chi connectivity index (χ3v) is 3.37. The lowest BCUT2D eigenvalue weighted by atomic mass is 10.2. The average Bonchev–Trinajstić information content (AvgIpc) is 2.29. The second-order valence-electron chi connectivity index (χ2n) is 4.55. The third-order valence-electron chi connectivity index (χ3n) is 2.91. The molecular weight excluding hydrogens is 214 g/mol. The molecule has 0 atom stereocenters. The summed E-state index contributed by atoms with van der Waals surface area (Å²) < 4.78 is 0. The van der Waals surface area contributed by atoms with Crippen molar-refractivity contribution >= 4 is 17.2 Å². The zero-order valence-electron chi connectivity index (χ0n) is 11.4. The zero-order chi connectivity index (χ0) is 12.2. The topological polar surface area (TPSA) is 3.24 Å². The first-order chi connectivity index (χ1) is 7.76. The van der Waals surface area contributed by atoms with Crippen molar-refractivity contribution in [1.29, 1.82) is 0 Å². The maximum absolute atomic E-state index is 5.54. The molecule has 0 unspecified atom stereocenters. The van der Waals surface area contributed by atoms with Crippen molar-refractivity contribution in [3.8, 4) is 0 Å². The Balaban J connectivity index is 3.88. The van der Waals surface area contributed by atoms with Gasteiger partial charge in [-0.25, -0.2) is 0 Å². The summed E-state index contributed by atoms with van der Waals surface area (Å²) in [6.45, 7) is 9.08. The summed E-state index contributed by atoms with van der Waals surface area (Å²) in [5.41, 5.74) is 0. The molecule has 0 N–H and O–H groups in total. The number of unbranched alkanes of at least 4 members (excludes halogenated alkanes) is 4. The van der Waals surface area contributed by atoms with Gasteiger partial charge in [0, 0.05) is 13.1 Å². The van der Waals surface area contributed by atoms with Crippen molar-refractivity contribution in [2.75, 3.05) is 13.1 Å². The van der Waals surface area contributed by atoms with Gasteiger partial charge >= 0.3 is 0 Å². The monoisotopic (exact) mass is 243 g/mol. The van der Waals surface area contributed by atoms with Crippen LogP contribution in [0.4, 0.5) is 0 Å². The Morgan fingerprint density at radius 1 is 0.812 bits per heavy atom. The van der Waals surface area contributed by atoms with E-state index in [9.17, 15) is 0 Å². The molecule has 0 aromatic rings. The van der Waals surface area contributed by atoms with Gasteiger partial charge in [-0.05, 0) is 25.7 Å². The lowest BCUT2D eigenvalue weighted by molar-refractivity contribution is 0.396. The zero-order valence-corrected chi connectivity index (χ0v) is 12.2. The van der Waals surface area contributed by atoms with Crippen molar-refractivity contribution in [2.24, 2.45) is 0 Å².